The van der Waals surface area contributed by atoms with E-state index in [1.54, 1.807) is 6.92 Å². The molecule has 13 heavy (non-hydrogen) atoms. The van der Waals surface area contributed by atoms with Crippen LogP contribution in [0.5, 0.6) is 0 Å². The normalized spacial score (nSPS) is 15.2. The summed E-state index contributed by atoms with van der Waals surface area (Å²) in [5, 5.41) is 2.67. The summed E-state index contributed by atoms with van der Waals surface area (Å²) in [6.45, 7) is 9.02. The highest BCUT2D eigenvalue weighted by Crippen LogP contribution is 2.09. The van der Waals surface area contributed by atoms with Crippen LogP contribution in [-0.2, 0) is 9.59 Å². The number of hydrogen-bond acceptors (Lipinski definition) is 2. The third-order valence-electron chi connectivity index (χ3n) is 2.38. The molecule has 0 fully saturated rings. The standard InChI is InChI=1S/C10H19NO2/c1-6(2)7(3)10(13)11-8(4)9(5)12/h6-8H,1-5H3,(H,11,13)/t7-,8?/m0/s1. The molecule has 0 bridgehead atoms. The topological polar surface area (TPSA) is 46.2 Å². The Morgan fingerprint density at radius 2 is 1.54 bits per heavy atom. The molecule has 0 aliphatic heterocycles. The van der Waals surface area contributed by atoms with Gasteiger partial charge in [0.05, 0.1) is 6.04 Å². The van der Waals surface area contributed by atoms with E-state index in [9.17, 15) is 9.59 Å². The number of rotatable bonds is 4. The maximum absolute atomic E-state index is 11.4. The summed E-state index contributed by atoms with van der Waals surface area (Å²) in [5.74, 6) is 0.211. The summed E-state index contributed by atoms with van der Waals surface area (Å²) >= 11 is 0. The highest BCUT2D eigenvalue weighted by Gasteiger charge is 2.19. The minimum absolute atomic E-state index is 0.00990. The smallest absolute Gasteiger partial charge is 0.223 e. The van der Waals surface area contributed by atoms with Crippen LogP contribution in [0.2, 0.25) is 0 Å². The van der Waals surface area contributed by atoms with E-state index in [1.165, 1.54) is 6.92 Å². The number of carbonyl (C=O) groups is 2. The van der Waals surface area contributed by atoms with Gasteiger partial charge in [0.15, 0.2) is 5.78 Å². The molecule has 0 spiro atoms. The highest BCUT2D eigenvalue weighted by atomic mass is 16.2. The fraction of sp³-hybridized carbons (Fsp3) is 0.800. The Morgan fingerprint density at radius 3 is 1.85 bits per heavy atom. The van der Waals surface area contributed by atoms with E-state index in [0.29, 0.717) is 5.92 Å². The molecule has 76 valence electrons. The van der Waals surface area contributed by atoms with Gasteiger partial charge in [0.2, 0.25) is 5.91 Å². The van der Waals surface area contributed by atoms with E-state index in [0.717, 1.165) is 0 Å². The first-order valence-corrected chi connectivity index (χ1v) is 4.67. The third kappa shape index (κ3) is 4.06. The van der Waals surface area contributed by atoms with Gasteiger partial charge in [-0.1, -0.05) is 20.8 Å². The number of amides is 1. The molecule has 0 rings (SSSR count). The van der Waals surface area contributed by atoms with Gasteiger partial charge >= 0.3 is 0 Å². The highest BCUT2D eigenvalue weighted by molar-refractivity contribution is 5.87. The Kier molecular flexibility index (Phi) is 4.67. The fourth-order valence-electron chi connectivity index (χ4n) is 0.749. The molecule has 0 aliphatic carbocycles. The molecule has 1 amide bonds. The first kappa shape index (κ1) is 12.1. The van der Waals surface area contributed by atoms with Crippen LogP contribution in [0.25, 0.3) is 0 Å². The van der Waals surface area contributed by atoms with Gasteiger partial charge in [-0.05, 0) is 19.8 Å². The van der Waals surface area contributed by atoms with E-state index in [2.05, 4.69) is 5.32 Å². The van der Waals surface area contributed by atoms with Crippen molar-refractivity contribution in [3.05, 3.63) is 0 Å². The van der Waals surface area contributed by atoms with Crippen molar-refractivity contribution >= 4 is 11.7 Å². The Labute approximate surface area is 79.9 Å². The van der Waals surface area contributed by atoms with Gasteiger partial charge < -0.3 is 5.32 Å². The Bertz CT molecular complexity index is 199. The average Bonchev–Trinajstić information content (AvgIpc) is 2.02. The van der Waals surface area contributed by atoms with Crippen LogP contribution in [0.15, 0.2) is 0 Å². The van der Waals surface area contributed by atoms with Gasteiger partial charge in [-0.25, -0.2) is 0 Å². The molecule has 1 unspecified atom stereocenters. The minimum atomic E-state index is -0.367. The molecule has 0 aromatic rings. The lowest BCUT2D eigenvalue weighted by Gasteiger charge is -2.17. The third-order valence-corrected chi connectivity index (χ3v) is 2.38. The molecule has 0 aromatic carbocycles. The predicted octanol–water partition coefficient (Wildman–Crippen LogP) is 1.37. The monoisotopic (exact) mass is 185 g/mol. The molecule has 0 aliphatic rings. The molecular weight excluding hydrogens is 166 g/mol. The van der Waals surface area contributed by atoms with Crippen LogP contribution in [0, 0.1) is 11.8 Å². The SMILES string of the molecule is CC(=O)C(C)NC(=O)[C@@H](C)C(C)C. The fourth-order valence-corrected chi connectivity index (χ4v) is 0.749. The molecule has 0 aromatic heterocycles. The summed E-state index contributed by atoms with van der Waals surface area (Å²) in [7, 11) is 0. The van der Waals surface area contributed by atoms with E-state index >= 15 is 0 Å². The first-order chi connectivity index (χ1) is 5.86. The molecule has 0 saturated heterocycles. The number of hydrogen-bond donors (Lipinski definition) is 1. The maximum atomic E-state index is 11.4. The molecule has 3 nitrogen and oxygen atoms in total. The molecule has 1 N–H and O–H groups in total. The summed E-state index contributed by atoms with van der Waals surface area (Å²) in [6, 6.07) is -0.367. The lowest BCUT2D eigenvalue weighted by molar-refractivity contribution is -0.129. The Hall–Kier alpha value is -0.860. The van der Waals surface area contributed by atoms with Gasteiger partial charge in [0.1, 0.15) is 0 Å². The van der Waals surface area contributed by atoms with Crippen LogP contribution in [0.3, 0.4) is 0 Å². The van der Waals surface area contributed by atoms with Crippen LogP contribution >= 0.6 is 0 Å². The van der Waals surface area contributed by atoms with Crippen molar-refractivity contribution in [1.82, 2.24) is 5.32 Å². The minimum Gasteiger partial charge on any atom is -0.346 e. The average molecular weight is 185 g/mol. The second kappa shape index (κ2) is 5.00. The second-order valence-corrected chi connectivity index (χ2v) is 3.87. The van der Waals surface area contributed by atoms with E-state index < -0.39 is 0 Å². The van der Waals surface area contributed by atoms with Gasteiger partial charge in [0, 0.05) is 5.92 Å². The molecule has 0 heterocycles. The van der Waals surface area contributed by atoms with E-state index in [1.807, 2.05) is 20.8 Å². The van der Waals surface area contributed by atoms with E-state index in [4.69, 9.17) is 0 Å². The Balaban J connectivity index is 4.08. The zero-order valence-corrected chi connectivity index (χ0v) is 9.05. The van der Waals surface area contributed by atoms with Crippen LogP contribution < -0.4 is 5.32 Å². The zero-order chi connectivity index (χ0) is 10.6. The summed E-state index contributed by atoms with van der Waals surface area (Å²) in [6.07, 6.45) is 0. The van der Waals surface area contributed by atoms with E-state index in [-0.39, 0.29) is 23.7 Å². The molecule has 2 atom stereocenters. The number of Topliss-reactive ketones (excluding diaryl/α,β-unsaturated/α-hetero) is 1. The number of nitrogens with one attached hydrogen (secondary N) is 1. The summed E-state index contributed by atoms with van der Waals surface area (Å²) in [4.78, 5) is 22.3. The van der Waals surface area contributed by atoms with Crippen molar-refractivity contribution in [2.75, 3.05) is 0 Å². The van der Waals surface area contributed by atoms with Crippen molar-refractivity contribution in [2.45, 2.75) is 40.7 Å². The van der Waals surface area contributed by atoms with Crippen molar-refractivity contribution in [3.63, 3.8) is 0 Å². The number of carbonyl (C=O) groups excluding carboxylic acids is 2. The van der Waals surface area contributed by atoms with Crippen molar-refractivity contribution < 1.29 is 9.59 Å². The van der Waals surface area contributed by atoms with Crippen LogP contribution in [0.1, 0.15) is 34.6 Å². The zero-order valence-electron chi connectivity index (χ0n) is 9.05. The molecule has 3 heteroatoms. The van der Waals surface area contributed by atoms with Crippen LogP contribution in [0.4, 0.5) is 0 Å². The quantitative estimate of drug-likeness (QED) is 0.719. The maximum Gasteiger partial charge on any atom is 0.223 e. The van der Waals surface area contributed by atoms with Gasteiger partial charge in [-0.2, -0.15) is 0 Å². The van der Waals surface area contributed by atoms with Gasteiger partial charge in [-0.15, -0.1) is 0 Å². The van der Waals surface area contributed by atoms with Crippen molar-refractivity contribution in [1.29, 1.82) is 0 Å². The number of ketones is 1. The Morgan fingerprint density at radius 1 is 1.08 bits per heavy atom. The predicted molar refractivity (Wildman–Crippen MR) is 52.3 cm³/mol. The molecule has 0 radical (unpaired) electrons. The summed E-state index contributed by atoms with van der Waals surface area (Å²) < 4.78 is 0. The first-order valence-electron chi connectivity index (χ1n) is 4.67. The summed E-state index contributed by atoms with van der Waals surface area (Å²) in [5.41, 5.74) is 0. The molecular formula is C10H19NO2. The lowest BCUT2D eigenvalue weighted by atomic mass is 9.97. The van der Waals surface area contributed by atoms with Gasteiger partial charge in [0.25, 0.3) is 0 Å². The van der Waals surface area contributed by atoms with Crippen molar-refractivity contribution in [2.24, 2.45) is 11.8 Å². The van der Waals surface area contributed by atoms with Crippen molar-refractivity contribution in [3.8, 4) is 0 Å². The van der Waals surface area contributed by atoms with Gasteiger partial charge in [-0.3, -0.25) is 9.59 Å². The lowest BCUT2D eigenvalue weighted by Crippen LogP contribution is -2.41. The largest absolute Gasteiger partial charge is 0.346 e. The second-order valence-electron chi connectivity index (χ2n) is 3.87. The molecule has 0 saturated carbocycles. The van der Waals surface area contributed by atoms with Crippen LogP contribution in [-0.4, -0.2) is 17.7 Å².